The van der Waals surface area contributed by atoms with Crippen molar-refractivity contribution in [1.29, 1.82) is 0 Å². The maximum atomic E-state index is 12.6. The summed E-state index contributed by atoms with van der Waals surface area (Å²) in [4.78, 5) is 14.4. The highest BCUT2D eigenvalue weighted by atomic mass is 16.3. The van der Waals surface area contributed by atoms with Gasteiger partial charge in [0.15, 0.2) is 11.5 Å². The third kappa shape index (κ3) is 3.88. The van der Waals surface area contributed by atoms with E-state index < -0.39 is 0 Å². The summed E-state index contributed by atoms with van der Waals surface area (Å²) >= 11 is 0. The molecule has 0 bridgehead atoms. The van der Waals surface area contributed by atoms with Crippen LogP contribution in [0.15, 0.2) is 18.2 Å². The van der Waals surface area contributed by atoms with E-state index in [0.717, 1.165) is 13.0 Å². The number of hydrogen-bond donors (Lipinski definition) is 3. The van der Waals surface area contributed by atoms with Crippen molar-refractivity contribution < 1.29 is 15.0 Å². The topological polar surface area (TPSA) is 72.8 Å². The zero-order chi connectivity index (χ0) is 15.4. The van der Waals surface area contributed by atoms with E-state index in [2.05, 4.69) is 5.32 Å². The van der Waals surface area contributed by atoms with Gasteiger partial charge in [0.1, 0.15) is 0 Å². The molecule has 1 aliphatic heterocycles. The zero-order valence-corrected chi connectivity index (χ0v) is 12.7. The molecular weight excluding hydrogens is 268 g/mol. The number of aromatic hydroxyl groups is 2. The molecule has 0 aromatic heterocycles. The van der Waals surface area contributed by atoms with Gasteiger partial charge in [-0.05, 0) is 51.4 Å². The Balaban J connectivity index is 2.12. The van der Waals surface area contributed by atoms with Crippen LogP contribution in [0.3, 0.4) is 0 Å². The lowest BCUT2D eigenvalue weighted by atomic mass is 10.0. The van der Waals surface area contributed by atoms with E-state index in [4.69, 9.17) is 0 Å². The van der Waals surface area contributed by atoms with Gasteiger partial charge >= 0.3 is 0 Å². The van der Waals surface area contributed by atoms with Crippen molar-refractivity contribution in [2.45, 2.75) is 45.2 Å². The molecule has 0 aliphatic carbocycles. The first kappa shape index (κ1) is 15.6. The van der Waals surface area contributed by atoms with Crippen LogP contribution in [0.1, 0.15) is 43.5 Å². The van der Waals surface area contributed by atoms with Gasteiger partial charge in [-0.2, -0.15) is 0 Å². The van der Waals surface area contributed by atoms with Crippen molar-refractivity contribution in [3.8, 4) is 11.5 Å². The van der Waals surface area contributed by atoms with Gasteiger partial charge in [-0.3, -0.25) is 4.79 Å². The molecule has 0 radical (unpaired) electrons. The minimum atomic E-state index is -0.264. The summed E-state index contributed by atoms with van der Waals surface area (Å²) in [5.41, 5.74) is 0.398. The van der Waals surface area contributed by atoms with E-state index in [1.165, 1.54) is 25.0 Å². The Morgan fingerprint density at radius 2 is 2.10 bits per heavy atom. The molecule has 1 aromatic carbocycles. The van der Waals surface area contributed by atoms with Crippen LogP contribution in [-0.2, 0) is 0 Å². The highest BCUT2D eigenvalue weighted by molar-refractivity contribution is 5.95. The number of amides is 1. The van der Waals surface area contributed by atoms with Gasteiger partial charge in [-0.25, -0.2) is 0 Å². The van der Waals surface area contributed by atoms with Gasteiger partial charge in [0.25, 0.3) is 5.91 Å². The van der Waals surface area contributed by atoms with Crippen molar-refractivity contribution in [2.75, 3.05) is 13.1 Å². The molecule has 1 saturated heterocycles. The largest absolute Gasteiger partial charge is 0.504 e. The van der Waals surface area contributed by atoms with Crippen LogP contribution in [0.4, 0.5) is 0 Å². The number of piperidine rings is 1. The Hall–Kier alpha value is -1.75. The van der Waals surface area contributed by atoms with Crippen LogP contribution in [-0.4, -0.2) is 46.2 Å². The molecule has 1 unspecified atom stereocenters. The number of benzene rings is 1. The molecule has 1 aromatic rings. The third-order valence-electron chi connectivity index (χ3n) is 3.94. The molecular formula is C16H24N2O3. The fourth-order valence-corrected chi connectivity index (χ4v) is 2.67. The van der Waals surface area contributed by atoms with Gasteiger partial charge < -0.3 is 20.4 Å². The maximum Gasteiger partial charge on any atom is 0.254 e. The summed E-state index contributed by atoms with van der Waals surface area (Å²) in [5, 5.41) is 22.4. The summed E-state index contributed by atoms with van der Waals surface area (Å²) < 4.78 is 0. The number of rotatable bonds is 4. The fraction of sp³-hybridized carbons (Fsp3) is 0.562. The monoisotopic (exact) mass is 292 g/mol. The molecule has 3 N–H and O–H groups in total. The molecule has 0 saturated carbocycles. The summed E-state index contributed by atoms with van der Waals surface area (Å²) in [6.07, 6.45) is 3.47. The van der Waals surface area contributed by atoms with Crippen molar-refractivity contribution in [3.05, 3.63) is 23.8 Å². The summed E-state index contributed by atoms with van der Waals surface area (Å²) in [6.45, 7) is 5.64. The first-order valence-corrected chi connectivity index (χ1v) is 7.55. The lowest BCUT2D eigenvalue weighted by Gasteiger charge is -2.33. The van der Waals surface area contributed by atoms with Crippen LogP contribution < -0.4 is 5.32 Å². The predicted octanol–water partition coefficient (Wildman–Crippen LogP) is 2.09. The number of carbonyl (C=O) groups excluding carboxylic acids is 1. The van der Waals surface area contributed by atoms with E-state index in [-0.39, 0.29) is 23.4 Å². The first-order chi connectivity index (χ1) is 9.99. The maximum absolute atomic E-state index is 12.6. The molecule has 1 amide bonds. The molecule has 116 valence electrons. The van der Waals surface area contributed by atoms with Gasteiger partial charge in [0, 0.05) is 24.2 Å². The summed E-state index contributed by atoms with van der Waals surface area (Å²) in [5.74, 6) is -0.593. The molecule has 5 heteroatoms. The van der Waals surface area contributed by atoms with E-state index in [0.29, 0.717) is 18.2 Å². The molecule has 5 nitrogen and oxygen atoms in total. The average molecular weight is 292 g/mol. The Morgan fingerprint density at radius 3 is 2.67 bits per heavy atom. The quantitative estimate of drug-likeness (QED) is 0.743. The Kier molecular flexibility index (Phi) is 5.07. The molecule has 1 atom stereocenters. The van der Waals surface area contributed by atoms with Crippen LogP contribution in [0.5, 0.6) is 11.5 Å². The fourth-order valence-electron chi connectivity index (χ4n) is 2.67. The summed E-state index contributed by atoms with van der Waals surface area (Å²) in [7, 11) is 0. The Bertz CT molecular complexity index is 496. The lowest BCUT2D eigenvalue weighted by molar-refractivity contribution is 0.0676. The second-order valence-corrected chi connectivity index (χ2v) is 5.90. The van der Waals surface area contributed by atoms with Crippen molar-refractivity contribution in [1.82, 2.24) is 10.2 Å². The summed E-state index contributed by atoms with van der Waals surface area (Å²) in [6, 6.07) is 4.62. The van der Waals surface area contributed by atoms with Gasteiger partial charge in [-0.15, -0.1) is 0 Å². The molecule has 1 aliphatic rings. The van der Waals surface area contributed by atoms with Gasteiger partial charge in [0.2, 0.25) is 0 Å². The van der Waals surface area contributed by atoms with Crippen LogP contribution in [0.2, 0.25) is 0 Å². The molecule has 0 spiro atoms. The van der Waals surface area contributed by atoms with Crippen LogP contribution in [0.25, 0.3) is 0 Å². The van der Waals surface area contributed by atoms with Crippen molar-refractivity contribution >= 4 is 5.91 Å². The SMILES string of the molecule is CC(C)N(CC1CCCCN1)C(=O)c1ccc(O)c(O)c1. The van der Waals surface area contributed by atoms with E-state index in [9.17, 15) is 15.0 Å². The standard InChI is InChI=1S/C16H24N2O3/c1-11(2)18(10-13-5-3-4-8-17-13)16(21)12-6-7-14(19)15(20)9-12/h6-7,9,11,13,17,19-20H,3-5,8,10H2,1-2H3. The Labute approximate surface area is 125 Å². The molecule has 21 heavy (non-hydrogen) atoms. The number of carbonyl (C=O) groups is 1. The normalized spacial score (nSPS) is 18.7. The number of hydrogen-bond acceptors (Lipinski definition) is 4. The van der Waals surface area contributed by atoms with E-state index >= 15 is 0 Å². The molecule has 1 heterocycles. The highest BCUT2D eigenvalue weighted by Gasteiger charge is 2.24. The second kappa shape index (κ2) is 6.80. The minimum absolute atomic E-state index is 0.0807. The average Bonchev–Trinajstić information content (AvgIpc) is 2.47. The van der Waals surface area contributed by atoms with Crippen LogP contribution >= 0.6 is 0 Å². The van der Waals surface area contributed by atoms with E-state index in [1.807, 2.05) is 18.7 Å². The predicted molar refractivity (Wildman–Crippen MR) is 81.6 cm³/mol. The van der Waals surface area contributed by atoms with E-state index in [1.54, 1.807) is 6.07 Å². The number of phenolic OH excluding ortho intramolecular Hbond substituents is 2. The van der Waals surface area contributed by atoms with Gasteiger partial charge in [0.05, 0.1) is 0 Å². The third-order valence-corrected chi connectivity index (χ3v) is 3.94. The Morgan fingerprint density at radius 1 is 1.33 bits per heavy atom. The minimum Gasteiger partial charge on any atom is -0.504 e. The van der Waals surface area contributed by atoms with Crippen LogP contribution in [0, 0.1) is 0 Å². The number of nitrogens with zero attached hydrogens (tertiary/aromatic N) is 1. The highest BCUT2D eigenvalue weighted by Crippen LogP contribution is 2.26. The first-order valence-electron chi connectivity index (χ1n) is 7.55. The second-order valence-electron chi connectivity index (χ2n) is 5.90. The zero-order valence-electron chi connectivity index (χ0n) is 12.7. The number of nitrogens with one attached hydrogen (secondary N) is 1. The molecule has 1 fully saturated rings. The smallest absolute Gasteiger partial charge is 0.254 e. The van der Waals surface area contributed by atoms with Crippen molar-refractivity contribution in [2.24, 2.45) is 0 Å². The number of phenols is 2. The molecule has 2 rings (SSSR count). The van der Waals surface area contributed by atoms with Gasteiger partial charge in [-0.1, -0.05) is 6.42 Å². The van der Waals surface area contributed by atoms with Crippen molar-refractivity contribution in [3.63, 3.8) is 0 Å². The lowest BCUT2D eigenvalue weighted by Crippen LogP contribution is -2.48.